The van der Waals surface area contributed by atoms with E-state index >= 15 is 0 Å². The average molecular weight is 1050 g/mol. The monoisotopic (exact) mass is 1040 g/mol. The first-order chi connectivity index (χ1) is 35.3. The van der Waals surface area contributed by atoms with Crippen molar-refractivity contribution in [2.24, 2.45) is 0 Å². The highest BCUT2D eigenvalue weighted by Gasteiger charge is 2.26. The van der Waals surface area contributed by atoms with Crippen molar-refractivity contribution in [1.29, 1.82) is 0 Å². The molecule has 3 atom stereocenters. The molecule has 0 rings (SSSR count). The van der Waals surface area contributed by atoms with Crippen LogP contribution in [0.2, 0.25) is 0 Å². The minimum atomic E-state index is -4.52. The van der Waals surface area contributed by atoms with Gasteiger partial charge in [-0.15, -0.1) is 0 Å². The van der Waals surface area contributed by atoms with Gasteiger partial charge in [0.1, 0.15) is 12.2 Å². The molecule has 0 saturated carbocycles. The highest BCUT2D eigenvalue weighted by molar-refractivity contribution is 7.47. The molecule has 0 aromatic heterocycles. The summed E-state index contributed by atoms with van der Waals surface area (Å²) in [4.78, 5) is 22.8. The standard InChI is InChI=1S/C62H125O9P/c1-3-5-7-9-11-13-15-17-19-21-22-23-24-25-26-27-28-29-30-31-32-33-34-35-36-37-38-39-40-42-44-46-48-50-52-54-62(65)71-61(59-70-72(66,67)69-57-60(64)56-63)58-68-55-53-51-49-47-45-43-41-20-18-16-14-12-10-8-6-4-2/h60-61,63-64H,3-59H2,1-2H3,(H,66,67)/t60-,61+/m0/s1. The van der Waals surface area contributed by atoms with Crippen LogP contribution in [-0.2, 0) is 27.9 Å². The maximum Gasteiger partial charge on any atom is 0.472 e. The Hall–Kier alpha value is -0.540. The number of ether oxygens (including phenoxy) is 2. The predicted molar refractivity (Wildman–Crippen MR) is 307 cm³/mol. The van der Waals surface area contributed by atoms with Crippen molar-refractivity contribution < 1.29 is 43.0 Å². The van der Waals surface area contributed by atoms with E-state index < -0.39 is 33.2 Å². The van der Waals surface area contributed by atoms with Crippen LogP contribution in [0.25, 0.3) is 0 Å². The molecule has 0 aromatic rings. The van der Waals surface area contributed by atoms with Gasteiger partial charge in [-0.25, -0.2) is 4.57 Å². The second-order valence-corrected chi connectivity index (χ2v) is 23.6. The molecule has 0 radical (unpaired) electrons. The number of hydrogen-bond acceptors (Lipinski definition) is 8. The van der Waals surface area contributed by atoms with Crippen LogP contribution in [0.4, 0.5) is 0 Å². The zero-order chi connectivity index (χ0) is 52.4. The molecule has 1 unspecified atom stereocenters. The molecule has 0 amide bonds. The fourth-order valence-electron chi connectivity index (χ4n) is 9.95. The Bertz CT molecular complexity index is 1090. The molecule has 0 aliphatic carbocycles. The molecule has 0 heterocycles. The maximum absolute atomic E-state index is 12.7. The van der Waals surface area contributed by atoms with E-state index in [-0.39, 0.29) is 25.6 Å². The number of phosphoric acid groups is 1. The SMILES string of the molecule is CCCCCCCCCCCCCCCCCCCCCCCCCCCCCCCCCCCCCC(=O)O[C@H](COCCCCCCCCCCCCCCCCCC)COP(=O)(O)OC[C@@H](O)CO. The number of unbranched alkanes of at least 4 members (excludes halogenated alkanes) is 49. The van der Waals surface area contributed by atoms with E-state index in [9.17, 15) is 19.4 Å². The smallest absolute Gasteiger partial charge is 0.457 e. The van der Waals surface area contributed by atoms with Gasteiger partial charge in [-0.05, 0) is 12.8 Å². The van der Waals surface area contributed by atoms with E-state index in [4.69, 9.17) is 23.6 Å². The number of esters is 1. The van der Waals surface area contributed by atoms with Crippen LogP contribution < -0.4 is 0 Å². The van der Waals surface area contributed by atoms with Crippen molar-refractivity contribution in [2.45, 2.75) is 360 Å². The third kappa shape index (κ3) is 58.7. The quantitative estimate of drug-likeness (QED) is 0.0309. The first-order valence-electron chi connectivity index (χ1n) is 32.0. The van der Waals surface area contributed by atoms with Gasteiger partial charge in [-0.3, -0.25) is 13.8 Å². The van der Waals surface area contributed by atoms with Crippen molar-refractivity contribution >= 4 is 13.8 Å². The zero-order valence-corrected chi connectivity index (χ0v) is 49.1. The molecule has 0 bridgehead atoms. The number of phosphoric ester groups is 1. The Balaban J connectivity index is 3.78. The lowest BCUT2D eigenvalue weighted by molar-refractivity contribution is -0.154. The van der Waals surface area contributed by atoms with Crippen LogP contribution in [0.3, 0.4) is 0 Å². The van der Waals surface area contributed by atoms with Crippen molar-refractivity contribution in [3.8, 4) is 0 Å². The fraction of sp³-hybridized carbons (Fsp3) is 0.984. The molecule has 10 heteroatoms. The van der Waals surface area contributed by atoms with Crippen molar-refractivity contribution in [1.82, 2.24) is 0 Å². The molecule has 0 aliphatic rings. The van der Waals surface area contributed by atoms with Gasteiger partial charge in [-0.1, -0.05) is 328 Å². The number of hydrogen-bond donors (Lipinski definition) is 3. The van der Waals surface area contributed by atoms with Gasteiger partial charge in [0.05, 0.1) is 26.4 Å². The predicted octanol–water partition coefficient (Wildman–Crippen LogP) is 19.7. The molecule has 3 N–H and O–H groups in total. The molecule has 0 aliphatic heterocycles. The second kappa shape index (κ2) is 59.7. The normalized spacial score (nSPS) is 13.5. The molecule has 0 saturated heterocycles. The Labute approximate surface area is 448 Å². The summed E-state index contributed by atoms with van der Waals surface area (Å²) >= 11 is 0. The van der Waals surface area contributed by atoms with E-state index in [2.05, 4.69) is 13.8 Å². The van der Waals surface area contributed by atoms with E-state index in [1.54, 1.807) is 0 Å². The van der Waals surface area contributed by atoms with Crippen molar-refractivity contribution in [3.63, 3.8) is 0 Å². The van der Waals surface area contributed by atoms with E-state index in [1.165, 1.54) is 295 Å². The number of aliphatic hydroxyl groups excluding tert-OH is 2. The Morgan fingerprint density at radius 2 is 0.625 bits per heavy atom. The highest BCUT2D eigenvalue weighted by Crippen LogP contribution is 2.43. The third-order valence-corrected chi connectivity index (χ3v) is 15.7. The Morgan fingerprint density at radius 3 is 0.903 bits per heavy atom. The van der Waals surface area contributed by atoms with Crippen LogP contribution in [-0.4, -0.2) is 66.3 Å². The largest absolute Gasteiger partial charge is 0.472 e. The second-order valence-electron chi connectivity index (χ2n) is 22.2. The number of aliphatic hydroxyl groups is 2. The first-order valence-corrected chi connectivity index (χ1v) is 33.5. The maximum atomic E-state index is 12.7. The molecule has 72 heavy (non-hydrogen) atoms. The van der Waals surface area contributed by atoms with Crippen LogP contribution in [0.5, 0.6) is 0 Å². The summed E-state index contributed by atoms with van der Waals surface area (Å²) in [5.41, 5.74) is 0. The molecular weight excluding hydrogens is 920 g/mol. The fourth-order valence-corrected chi connectivity index (χ4v) is 10.7. The minimum absolute atomic E-state index is 0.0590. The van der Waals surface area contributed by atoms with Gasteiger partial charge >= 0.3 is 13.8 Å². The van der Waals surface area contributed by atoms with E-state index in [0.717, 1.165) is 32.1 Å². The number of rotatable bonds is 63. The van der Waals surface area contributed by atoms with Gasteiger partial charge < -0.3 is 24.6 Å². The number of carbonyl (C=O) groups excluding carboxylic acids is 1. The zero-order valence-electron chi connectivity index (χ0n) is 48.2. The van der Waals surface area contributed by atoms with Gasteiger partial charge in [0.25, 0.3) is 0 Å². The number of carbonyl (C=O) groups is 1. The third-order valence-electron chi connectivity index (χ3n) is 14.8. The molecule has 0 spiro atoms. The summed E-state index contributed by atoms with van der Waals surface area (Å²) in [6, 6.07) is 0. The minimum Gasteiger partial charge on any atom is -0.457 e. The lowest BCUT2D eigenvalue weighted by Gasteiger charge is -2.20. The molecule has 432 valence electrons. The van der Waals surface area contributed by atoms with Crippen LogP contribution in [0, 0.1) is 0 Å². The summed E-state index contributed by atoms with van der Waals surface area (Å²) in [5.74, 6) is -0.370. The van der Waals surface area contributed by atoms with Crippen molar-refractivity contribution in [2.75, 3.05) is 33.0 Å². The molecule has 0 aromatic carbocycles. The van der Waals surface area contributed by atoms with Gasteiger partial charge in [0, 0.05) is 13.0 Å². The average Bonchev–Trinajstić information content (AvgIpc) is 3.37. The summed E-state index contributed by atoms with van der Waals surface area (Å²) in [7, 11) is -4.52. The summed E-state index contributed by atoms with van der Waals surface area (Å²) in [5, 5.41) is 18.5. The lowest BCUT2D eigenvalue weighted by Crippen LogP contribution is -2.29. The van der Waals surface area contributed by atoms with E-state index in [0.29, 0.717) is 6.61 Å². The van der Waals surface area contributed by atoms with Gasteiger partial charge in [-0.2, -0.15) is 0 Å². The first kappa shape index (κ1) is 71.5. The molecule has 0 fully saturated rings. The lowest BCUT2D eigenvalue weighted by atomic mass is 10.0. The molecule has 9 nitrogen and oxygen atoms in total. The Kier molecular flexibility index (Phi) is 59.3. The van der Waals surface area contributed by atoms with Gasteiger partial charge in [0.2, 0.25) is 0 Å². The Morgan fingerprint density at radius 1 is 0.375 bits per heavy atom. The van der Waals surface area contributed by atoms with Crippen molar-refractivity contribution in [3.05, 3.63) is 0 Å². The summed E-state index contributed by atoms with van der Waals surface area (Å²) in [6.07, 6.45) is 67.0. The highest BCUT2D eigenvalue weighted by atomic mass is 31.2. The van der Waals surface area contributed by atoms with Crippen LogP contribution >= 0.6 is 7.82 Å². The summed E-state index contributed by atoms with van der Waals surface area (Å²) < 4.78 is 33.7. The summed E-state index contributed by atoms with van der Waals surface area (Å²) in [6.45, 7) is 3.62. The topological polar surface area (TPSA) is 132 Å². The van der Waals surface area contributed by atoms with Crippen LogP contribution in [0.1, 0.15) is 348 Å². The van der Waals surface area contributed by atoms with Crippen LogP contribution in [0.15, 0.2) is 0 Å². The van der Waals surface area contributed by atoms with E-state index in [1.807, 2.05) is 0 Å². The molecular formula is C62H125O9P. The van der Waals surface area contributed by atoms with Gasteiger partial charge in [0.15, 0.2) is 0 Å².